The zero-order valence-electron chi connectivity index (χ0n) is 14.9. The van der Waals surface area contributed by atoms with E-state index >= 15 is 0 Å². The van der Waals surface area contributed by atoms with Crippen molar-refractivity contribution in [3.05, 3.63) is 95.3 Å². The molecule has 5 nitrogen and oxygen atoms in total. The minimum absolute atomic E-state index is 0.00257. The largest absolute Gasteiger partial charge is 0.396 e. The molecule has 3 aromatic rings. The first kappa shape index (κ1) is 17.7. The Kier molecular flexibility index (Phi) is 4.53. The standard InChI is InChI=1S/C22H18FN3O2/c23-18-12-16(10-11-19(18)24)25-21(27)20(14-6-2-1-3-7-14)26-13-15-8-4-5-9-17(15)22(26)28/h1-12,20H,13,24H2,(H,25,27). The Balaban J connectivity index is 1.68. The molecule has 0 bridgehead atoms. The molecule has 0 aliphatic carbocycles. The first-order valence-corrected chi connectivity index (χ1v) is 8.84. The van der Waals surface area contributed by atoms with Crippen molar-refractivity contribution in [2.75, 3.05) is 11.1 Å². The number of benzene rings is 3. The van der Waals surface area contributed by atoms with Gasteiger partial charge in [-0.15, -0.1) is 0 Å². The van der Waals surface area contributed by atoms with E-state index < -0.39 is 17.8 Å². The van der Waals surface area contributed by atoms with Crippen molar-refractivity contribution in [2.45, 2.75) is 12.6 Å². The van der Waals surface area contributed by atoms with Crippen molar-refractivity contribution >= 4 is 23.2 Å². The lowest BCUT2D eigenvalue weighted by atomic mass is 10.0. The summed E-state index contributed by atoms with van der Waals surface area (Å²) in [6.45, 7) is 0.331. The number of nitrogens with one attached hydrogen (secondary N) is 1. The zero-order chi connectivity index (χ0) is 19.7. The number of nitrogens with two attached hydrogens (primary N) is 1. The summed E-state index contributed by atoms with van der Waals surface area (Å²) in [5, 5.41) is 2.70. The fourth-order valence-electron chi connectivity index (χ4n) is 3.41. The molecule has 0 saturated carbocycles. The van der Waals surface area contributed by atoms with Crippen LogP contribution in [0.4, 0.5) is 15.8 Å². The van der Waals surface area contributed by atoms with E-state index in [0.29, 0.717) is 17.7 Å². The summed E-state index contributed by atoms with van der Waals surface area (Å²) in [7, 11) is 0. The lowest BCUT2D eigenvalue weighted by Gasteiger charge is -2.27. The lowest BCUT2D eigenvalue weighted by molar-refractivity contribution is -0.120. The van der Waals surface area contributed by atoms with Crippen LogP contribution in [0, 0.1) is 5.82 Å². The van der Waals surface area contributed by atoms with Crippen molar-refractivity contribution in [1.29, 1.82) is 0 Å². The van der Waals surface area contributed by atoms with Gasteiger partial charge in [0, 0.05) is 17.8 Å². The second-order valence-electron chi connectivity index (χ2n) is 6.63. The van der Waals surface area contributed by atoms with Crippen LogP contribution in [0.3, 0.4) is 0 Å². The number of amides is 2. The number of carbonyl (C=O) groups excluding carboxylic acids is 2. The predicted molar refractivity (Wildman–Crippen MR) is 105 cm³/mol. The van der Waals surface area contributed by atoms with Crippen molar-refractivity contribution < 1.29 is 14.0 Å². The summed E-state index contributed by atoms with van der Waals surface area (Å²) < 4.78 is 13.8. The third-order valence-electron chi connectivity index (χ3n) is 4.79. The Bertz CT molecular complexity index is 1050. The van der Waals surface area contributed by atoms with Crippen LogP contribution in [0.2, 0.25) is 0 Å². The first-order valence-electron chi connectivity index (χ1n) is 8.84. The van der Waals surface area contributed by atoms with E-state index in [1.807, 2.05) is 30.3 Å². The quantitative estimate of drug-likeness (QED) is 0.682. The maximum absolute atomic E-state index is 13.8. The number of carbonyl (C=O) groups is 2. The van der Waals surface area contributed by atoms with Crippen molar-refractivity contribution in [3.8, 4) is 0 Å². The van der Waals surface area contributed by atoms with E-state index in [2.05, 4.69) is 5.32 Å². The highest BCUT2D eigenvalue weighted by Gasteiger charge is 2.37. The summed E-state index contributed by atoms with van der Waals surface area (Å²) in [5.41, 5.74) is 7.92. The van der Waals surface area contributed by atoms with Crippen LogP contribution >= 0.6 is 0 Å². The third-order valence-corrected chi connectivity index (χ3v) is 4.79. The average Bonchev–Trinajstić information content (AvgIpc) is 3.02. The normalized spacial score (nSPS) is 13.9. The van der Waals surface area contributed by atoms with Crippen LogP contribution in [0.15, 0.2) is 72.8 Å². The number of anilines is 2. The van der Waals surface area contributed by atoms with E-state index in [0.717, 1.165) is 11.6 Å². The predicted octanol–water partition coefficient (Wildman–Crippen LogP) is 3.74. The SMILES string of the molecule is Nc1ccc(NC(=O)C(c2ccccc2)N2Cc3ccccc3C2=O)cc1F. The number of nitrogens with zero attached hydrogens (tertiary/aromatic N) is 1. The molecule has 6 heteroatoms. The van der Waals surface area contributed by atoms with E-state index in [1.165, 1.54) is 17.0 Å². The van der Waals surface area contributed by atoms with Gasteiger partial charge in [0.05, 0.1) is 5.69 Å². The Hall–Kier alpha value is -3.67. The molecule has 1 aliphatic heterocycles. The molecule has 1 aliphatic rings. The van der Waals surface area contributed by atoms with Gasteiger partial charge in [-0.2, -0.15) is 0 Å². The zero-order valence-corrected chi connectivity index (χ0v) is 14.9. The van der Waals surface area contributed by atoms with Gasteiger partial charge in [-0.25, -0.2) is 4.39 Å². The number of hydrogen-bond donors (Lipinski definition) is 2. The summed E-state index contributed by atoms with van der Waals surface area (Å²) in [6, 6.07) is 19.6. The van der Waals surface area contributed by atoms with Gasteiger partial charge >= 0.3 is 0 Å². The van der Waals surface area contributed by atoms with Crippen LogP contribution < -0.4 is 11.1 Å². The molecule has 3 N–H and O–H groups in total. The third kappa shape index (κ3) is 3.20. The van der Waals surface area contributed by atoms with Crippen LogP contribution in [-0.2, 0) is 11.3 Å². The first-order chi connectivity index (χ1) is 13.5. The molecule has 1 unspecified atom stereocenters. The summed E-state index contributed by atoms with van der Waals surface area (Å²) >= 11 is 0. The molecular weight excluding hydrogens is 357 g/mol. The summed E-state index contributed by atoms with van der Waals surface area (Å²) in [4.78, 5) is 27.6. The molecule has 3 aromatic carbocycles. The van der Waals surface area contributed by atoms with Gasteiger partial charge in [0.25, 0.3) is 11.8 Å². The smallest absolute Gasteiger partial charge is 0.255 e. The van der Waals surface area contributed by atoms with Gasteiger partial charge in [0.1, 0.15) is 11.9 Å². The van der Waals surface area contributed by atoms with E-state index in [1.54, 1.807) is 24.3 Å². The molecule has 1 heterocycles. The Morgan fingerprint density at radius 2 is 1.75 bits per heavy atom. The molecule has 0 radical (unpaired) electrons. The van der Waals surface area contributed by atoms with Crippen LogP contribution in [0.5, 0.6) is 0 Å². The molecule has 0 aromatic heterocycles. The number of nitrogen functional groups attached to an aromatic ring is 1. The van der Waals surface area contributed by atoms with E-state index in [4.69, 9.17) is 5.73 Å². The monoisotopic (exact) mass is 375 g/mol. The highest BCUT2D eigenvalue weighted by Crippen LogP contribution is 2.32. The van der Waals surface area contributed by atoms with Gasteiger partial charge in [-0.3, -0.25) is 9.59 Å². The van der Waals surface area contributed by atoms with Crippen molar-refractivity contribution in [1.82, 2.24) is 4.90 Å². The molecular formula is C22H18FN3O2. The fourth-order valence-corrected chi connectivity index (χ4v) is 3.41. The Morgan fingerprint density at radius 3 is 2.46 bits per heavy atom. The second kappa shape index (κ2) is 7.15. The maximum atomic E-state index is 13.8. The van der Waals surface area contributed by atoms with Gasteiger partial charge in [0.2, 0.25) is 0 Å². The average molecular weight is 375 g/mol. The molecule has 4 rings (SSSR count). The molecule has 1 atom stereocenters. The molecule has 0 fully saturated rings. The summed E-state index contributed by atoms with van der Waals surface area (Å²) in [5.74, 6) is -1.24. The number of hydrogen-bond acceptors (Lipinski definition) is 3. The minimum Gasteiger partial charge on any atom is -0.396 e. The van der Waals surface area contributed by atoms with E-state index in [9.17, 15) is 14.0 Å². The second-order valence-corrected chi connectivity index (χ2v) is 6.63. The fraction of sp³-hybridized carbons (Fsp3) is 0.0909. The highest BCUT2D eigenvalue weighted by molar-refractivity contribution is 6.04. The number of halogens is 1. The number of rotatable bonds is 4. The maximum Gasteiger partial charge on any atom is 0.255 e. The van der Waals surface area contributed by atoms with Gasteiger partial charge in [0.15, 0.2) is 0 Å². The molecule has 0 saturated heterocycles. The van der Waals surface area contributed by atoms with Crippen molar-refractivity contribution in [3.63, 3.8) is 0 Å². The highest BCUT2D eigenvalue weighted by atomic mass is 19.1. The Morgan fingerprint density at radius 1 is 1.04 bits per heavy atom. The molecule has 140 valence electrons. The van der Waals surface area contributed by atoms with Crippen LogP contribution in [0.1, 0.15) is 27.5 Å². The van der Waals surface area contributed by atoms with Crippen molar-refractivity contribution in [2.24, 2.45) is 0 Å². The van der Waals surface area contributed by atoms with Crippen LogP contribution in [0.25, 0.3) is 0 Å². The molecule has 2 amide bonds. The Labute approximate surface area is 161 Å². The topological polar surface area (TPSA) is 75.4 Å². The van der Waals surface area contributed by atoms with Crippen LogP contribution in [-0.4, -0.2) is 16.7 Å². The lowest BCUT2D eigenvalue weighted by Crippen LogP contribution is -2.37. The minimum atomic E-state index is -0.846. The van der Waals surface area contributed by atoms with Gasteiger partial charge in [-0.1, -0.05) is 48.5 Å². The summed E-state index contributed by atoms with van der Waals surface area (Å²) in [6.07, 6.45) is 0. The molecule has 28 heavy (non-hydrogen) atoms. The van der Waals surface area contributed by atoms with E-state index in [-0.39, 0.29) is 17.3 Å². The van der Waals surface area contributed by atoms with Gasteiger partial charge < -0.3 is 16.0 Å². The van der Waals surface area contributed by atoms with Gasteiger partial charge in [-0.05, 0) is 35.4 Å². The number of fused-ring (bicyclic) bond motifs is 1. The molecule has 0 spiro atoms.